The summed E-state index contributed by atoms with van der Waals surface area (Å²) in [6.07, 6.45) is 1.45. The molecule has 0 aliphatic heterocycles. The molecule has 2 aromatic carbocycles. The van der Waals surface area contributed by atoms with Gasteiger partial charge in [0.1, 0.15) is 5.52 Å². The van der Waals surface area contributed by atoms with E-state index in [1.54, 1.807) is 0 Å². The van der Waals surface area contributed by atoms with Gasteiger partial charge in [-0.15, -0.1) is 0 Å². The van der Waals surface area contributed by atoms with Crippen LogP contribution in [0.2, 0.25) is 5.02 Å². The largest absolute Gasteiger partial charge is 0.443 e. The van der Waals surface area contributed by atoms with Gasteiger partial charge in [-0.3, -0.25) is 0 Å². The highest BCUT2D eigenvalue weighted by atomic mass is 35.5. The van der Waals surface area contributed by atoms with Crippen LogP contribution in [0.15, 0.2) is 41.1 Å². The molecule has 0 N–H and O–H groups in total. The second-order valence-electron chi connectivity index (χ2n) is 3.16. The second kappa shape index (κ2) is 2.72. The SMILES string of the molecule is Clc1ccc2cc3ocnc3cc2c1. The molecular weight excluding hydrogens is 198 g/mol. The standard InChI is InChI=1S/C11H6ClNO/c12-9-2-1-7-5-11-10(13-6-14-11)4-8(7)3-9/h1-6H. The predicted octanol–water partition coefficient (Wildman–Crippen LogP) is 3.63. The monoisotopic (exact) mass is 203 g/mol. The Morgan fingerprint density at radius 2 is 2.00 bits per heavy atom. The summed E-state index contributed by atoms with van der Waals surface area (Å²) in [6, 6.07) is 9.70. The van der Waals surface area contributed by atoms with Crippen molar-refractivity contribution in [1.82, 2.24) is 4.98 Å². The minimum absolute atomic E-state index is 0.736. The van der Waals surface area contributed by atoms with E-state index in [1.807, 2.05) is 30.3 Å². The fraction of sp³-hybridized carbons (Fsp3) is 0. The number of halogens is 1. The number of aromatic nitrogens is 1. The van der Waals surface area contributed by atoms with Crippen LogP contribution in [-0.4, -0.2) is 4.98 Å². The van der Waals surface area contributed by atoms with Crippen LogP contribution in [0.1, 0.15) is 0 Å². The lowest BCUT2D eigenvalue weighted by Crippen LogP contribution is -1.73. The second-order valence-corrected chi connectivity index (χ2v) is 3.60. The molecule has 14 heavy (non-hydrogen) atoms. The van der Waals surface area contributed by atoms with Crippen LogP contribution in [0, 0.1) is 0 Å². The van der Waals surface area contributed by atoms with E-state index >= 15 is 0 Å². The first-order valence-electron chi connectivity index (χ1n) is 4.25. The van der Waals surface area contributed by atoms with Crippen molar-refractivity contribution in [3.05, 3.63) is 41.7 Å². The molecule has 68 valence electrons. The molecule has 3 heteroatoms. The molecule has 1 heterocycles. The van der Waals surface area contributed by atoms with E-state index in [4.69, 9.17) is 16.0 Å². The van der Waals surface area contributed by atoms with Gasteiger partial charge in [-0.25, -0.2) is 4.98 Å². The molecule has 0 atom stereocenters. The Morgan fingerprint density at radius 3 is 2.93 bits per heavy atom. The Balaban J connectivity index is 2.50. The lowest BCUT2D eigenvalue weighted by molar-refractivity contribution is 0.602. The zero-order chi connectivity index (χ0) is 9.54. The fourth-order valence-corrected chi connectivity index (χ4v) is 1.75. The molecule has 0 fully saturated rings. The van der Waals surface area contributed by atoms with Gasteiger partial charge >= 0.3 is 0 Å². The van der Waals surface area contributed by atoms with E-state index < -0.39 is 0 Å². The summed E-state index contributed by atoms with van der Waals surface area (Å²) in [5.74, 6) is 0. The van der Waals surface area contributed by atoms with Crippen molar-refractivity contribution in [2.45, 2.75) is 0 Å². The summed E-state index contributed by atoms with van der Waals surface area (Å²) in [7, 11) is 0. The van der Waals surface area contributed by atoms with Crippen molar-refractivity contribution in [3.63, 3.8) is 0 Å². The first-order valence-corrected chi connectivity index (χ1v) is 4.63. The van der Waals surface area contributed by atoms with Crippen LogP contribution in [0.25, 0.3) is 21.9 Å². The number of fused-ring (bicyclic) bond motifs is 2. The summed E-state index contributed by atoms with van der Waals surface area (Å²) in [4.78, 5) is 4.09. The Morgan fingerprint density at radius 1 is 1.07 bits per heavy atom. The number of hydrogen-bond donors (Lipinski definition) is 0. The number of oxazole rings is 1. The topological polar surface area (TPSA) is 26.0 Å². The molecule has 0 unspecified atom stereocenters. The lowest BCUT2D eigenvalue weighted by atomic mass is 10.1. The van der Waals surface area contributed by atoms with Crippen LogP contribution >= 0.6 is 11.6 Å². The summed E-state index contributed by atoms with van der Waals surface area (Å²) in [6.45, 7) is 0. The molecule has 0 saturated heterocycles. The van der Waals surface area contributed by atoms with E-state index in [0.717, 1.165) is 26.9 Å². The summed E-state index contributed by atoms with van der Waals surface area (Å²) in [5.41, 5.74) is 1.67. The van der Waals surface area contributed by atoms with Crippen molar-refractivity contribution >= 4 is 33.5 Å². The number of nitrogens with zero attached hydrogens (tertiary/aromatic N) is 1. The Bertz CT molecular complexity index is 615. The van der Waals surface area contributed by atoms with Crippen molar-refractivity contribution in [1.29, 1.82) is 0 Å². The molecule has 0 radical (unpaired) electrons. The van der Waals surface area contributed by atoms with E-state index in [0.29, 0.717) is 0 Å². The van der Waals surface area contributed by atoms with Crippen molar-refractivity contribution in [3.8, 4) is 0 Å². The maximum absolute atomic E-state index is 5.90. The van der Waals surface area contributed by atoms with E-state index in [9.17, 15) is 0 Å². The van der Waals surface area contributed by atoms with E-state index in [-0.39, 0.29) is 0 Å². The van der Waals surface area contributed by atoms with Crippen molar-refractivity contribution in [2.24, 2.45) is 0 Å². The Kier molecular flexibility index (Phi) is 1.52. The maximum Gasteiger partial charge on any atom is 0.181 e. The average molecular weight is 204 g/mol. The minimum Gasteiger partial charge on any atom is -0.443 e. The highest BCUT2D eigenvalue weighted by Crippen LogP contribution is 2.24. The van der Waals surface area contributed by atoms with E-state index in [1.165, 1.54) is 6.39 Å². The molecule has 0 bridgehead atoms. The zero-order valence-corrected chi connectivity index (χ0v) is 7.95. The van der Waals surface area contributed by atoms with Crippen molar-refractivity contribution in [2.75, 3.05) is 0 Å². The van der Waals surface area contributed by atoms with Crippen LogP contribution in [-0.2, 0) is 0 Å². The Labute approximate surface area is 85.1 Å². The Hall–Kier alpha value is -1.54. The summed E-state index contributed by atoms with van der Waals surface area (Å²) < 4.78 is 5.21. The highest BCUT2D eigenvalue weighted by Gasteiger charge is 2.01. The molecule has 3 aromatic rings. The first-order chi connectivity index (χ1) is 6.83. The fourth-order valence-electron chi connectivity index (χ4n) is 1.57. The number of benzene rings is 2. The van der Waals surface area contributed by atoms with Gasteiger partial charge in [0.15, 0.2) is 12.0 Å². The third-order valence-corrected chi connectivity index (χ3v) is 2.49. The summed E-state index contributed by atoms with van der Waals surface area (Å²) in [5, 5.41) is 2.93. The number of rotatable bonds is 0. The van der Waals surface area contributed by atoms with Crippen LogP contribution in [0.5, 0.6) is 0 Å². The predicted molar refractivity (Wildman–Crippen MR) is 56.5 cm³/mol. The molecule has 0 saturated carbocycles. The third kappa shape index (κ3) is 1.08. The smallest absolute Gasteiger partial charge is 0.181 e. The van der Waals surface area contributed by atoms with Gasteiger partial charge in [-0.1, -0.05) is 17.7 Å². The van der Waals surface area contributed by atoms with Gasteiger partial charge in [-0.05, 0) is 35.0 Å². The van der Waals surface area contributed by atoms with Gasteiger partial charge in [-0.2, -0.15) is 0 Å². The maximum atomic E-state index is 5.90. The zero-order valence-electron chi connectivity index (χ0n) is 7.20. The molecule has 2 nitrogen and oxygen atoms in total. The third-order valence-electron chi connectivity index (χ3n) is 2.25. The molecule has 3 rings (SSSR count). The normalized spacial score (nSPS) is 11.2. The van der Waals surface area contributed by atoms with Gasteiger partial charge < -0.3 is 4.42 Å². The van der Waals surface area contributed by atoms with E-state index in [2.05, 4.69) is 4.98 Å². The van der Waals surface area contributed by atoms with Gasteiger partial charge in [0.05, 0.1) is 0 Å². The average Bonchev–Trinajstić information content (AvgIpc) is 2.61. The lowest BCUT2D eigenvalue weighted by Gasteiger charge is -1.97. The van der Waals surface area contributed by atoms with Gasteiger partial charge in [0.25, 0.3) is 0 Å². The highest BCUT2D eigenvalue weighted by molar-refractivity contribution is 6.31. The van der Waals surface area contributed by atoms with Crippen LogP contribution in [0.3, 0.4) is 0 Å². The summed E-state index contributed by atoms with van der Waals surface area (Å²) >= 11 is 5.90. The molecular formula is C11H6ClNO. The number of hydrogen-bond acceptors (Lipinski definition) is 2. The molecule has 0 aliphatic rings. The van der Waals surface area contributed by atoms with Gasteiger partial charge in [0, 0.05) is 5.02 Å². The molecule has 0 aliphatic carbocycles. The van der Waals surface area contributed by atoms with Crippen LogP contribution in [0.4, 0.5) is 0 Å². The molecule has 0 amide bonds. The molecule has 0 spiro atoms. The van der Waals surface area contributed by atoms with Gasteiger partial charge in [0.2, 0.25) is 0 Å². The first kappa shape index (κ1) is 7.83. The quantitative estimate of drug-likeness (QED) is 0.558. The van der Waals surface area contributed by atoms with Crippen LogP contribution < -0.4 is 0 Å². The minimum atomic E-state index is 0.736. The molecule has 1 aromatic heterocycles. The van der Waals surface area contributed by atoms with Crippen molar-refractivity contribution < 1.29 is 4.42 Å².